The molecule has 0 saturated carbocycles. The maximum Gasteiger partial charge on any atom is 0.416 e. The molecule has 0 radical (unpaired) electrons. The predicted octanol–water partition coefficient (Wildman–Crippen LogP) is 1.92. The molecule has 2 amide bonds. The lowest BCUT2D eigenvalue weighted by Crippen LogP contribution is -2.56. The highest BCUT2D eigenvalue weighted by Gasteiger charge is 2.36. The standard InChI is InChI=1S/C17H22F3N3O2/c1-11(2)22-15(24)9-14-16(25)21-7-8-23(14)10-12-5-3-4-6-13(12)17(18,19)20/h3-6,11,14H,7-10H2,1-2H3,(H,21,25)(H,22,24)/t14-/m1/s1. The first-order valence-electron chi connectivity index (χ1n) is 8.14. The third-order valence-corrected chi connectivity index (χ3v) is 3.97. The number of benzene rings is 1. The molecule has 0 spiro atoms. The van der Waals surface area contributed by atoms with Crippen molar-refractivity contribution >= 4 is 11.8 Å². The Balaban J connectivity index is 2.18. The van der Waals surface area contributed by atoms with Crippen LogP contribution in [-0.4, -0.2) is 41.9 Å². The highest BCUT2D eigenvalue weighted by molar-refractivity contribution is 5.88. The molecule has 1 aromatic carbocycles. The molecule has 0 unspecified atom stereocenters. The largest absolute Gasteiger partial charge is 0.416 e. The summed E-state index contributed by atoms with van der Waals surface area (Å²) < 4.78 is 39.5. The van der Waals surface area contributed by atoms with Gasteiger partial charge in [-0.25, -0.2) is 0 Å². The van der Waals surface area contributed by atoms with Crippen LogP contribution >= 0.6 is 0 Å². The molecule has 1 fully saturated rings. The van der Waals surface area contributed by atoms with Gasteiger partial charge in [0.25, 0.3) is 0 Å². The number of amides is 2. The summed E-state index contributed by atoms with van der Waals surface area (Å²) in [5.41, 5.74) is -0.620. The molecule has 0 aromatic heterocycles. The molecule has 8 heteroatoms. The highest BCUT2D eigenvalue weighted by atomic mass is 19.4. The van der Waals surface area contributed by atoms with Crippen LogP contribution in [0.2, 0.25) is 0 Å². The Labute approximate surface area is 144 Å². The van der Waals surface area contributed by atoms with E-state index in [1.165, 1.54) is 18.2 Å². The van der Waals surface area contributed by atoms with Crippen molar-refractivity contribution in [2.45, 2.75) is 45.1 Å². The zero-order valence-electron chi connectivity index (χ0n) is 14.2. The minimum Gasteiger partial charge on any atom is -0.354 e. The summed E-state index contributed by atoms with van der Waals surface area (Å²) in [7, 11) is 0. The number of carbonyl (C=O) groups excluding carboxylic acids is 2. The smallest absolute Gasteiger partial charge is 0.354 e. The van der Waals surface area contributed by atoms with Crippen LogP contribution in [0.25, 0.3) is 0 Å². The first kappa shape index (κ1) is 19.2. The number of hydrogen-bond acceptors (Lipinski definition) is 3. The van der Waals surface area contributed by atoms with Gasteiger partial charge >= 0.3 is 6.18 Å². The van der Waals surface area contributed by atoms with E-state index >= 15 is 0 Å². The van der Waals surface area contributed by atoms with Crippen LogP contribution in [0, 0.1) is 0 Å². The Morgan fingerprint density at radius 3 is 2.68 bits per heavy atom. The van der Waals surface area contributed by atoms with Gasteiger partial charge in [-0.1, -0.05) is 18.2 Å². The lowest BCUT2D eigenvalue weighted by atomic mass is 10.0. The SMILES string of the molecule is CC(C)NC(=O)C[C@@H]1C(=O)NCCN1Cc1ccccc1C(F)(F)F. The number of rotatable bonds is 5. The molecule has 1 atom stereocenters. The van der Waals surface area contributed by atoms with E-state index in [1.54, 1.807) is 18.7 Å². The van der Waals surface area contributed by atoms with Crippen molar-refractivity contribution in [3.05, 3.63) is 35.4 Å². The summed E-state index contributed by atoms with van der Waals surface area (Å²) in [6, 6.07) is 4.45. The fraction of sp³-hybridized carbons (Fsp3) is 0.529. The van der Waals surface area contributed by atoms with Gasteiger partial charge in [0.1, 0.15) is 0 Å². The summed E-state index contributed by atoms with van der Waals surface area (Å²) in [4.78, 5) is 25.8. The van der Waals surface area contributed by atoms with E-state index in [2.05, 4.69) is 10.6 Å². The molecule has 138 valence electrons. The van der Waals surface area contributed by atoms with Crippen molar-refractivity contribution in [2.24, 2.45) is 0 Å². The molecular weight excluding hydrogens is 335 g/mol. The molecule has 0 bridgehead atoms. The summed E-state index contributed by atoms with van der Waals surface area (Å²) in [5, 5.41) is 5.37. The molecule has 25 heavy (non-hydrogen) atoms. The van der Waals surface area contributed by atoms with Gasteiger partial charge in [-0.15, -0.1) is 0 Å². The van der Waals surface area contributed by atoms with Gasteiger partial charge in [-0.05, 0) is 25.5 Å². The molecule has 0 aliphatic carbocycles. The van der Waals surface area contributed by atoms with Crippen LogP contribution in [0.1, 0.15) is 31.4 Å². The number of carbonyl (C=O) groups is 2. The van der Waals surface area contributed by atoms with Gasteiger partial charge in [-0.3, -0.25) is 14.5 Å². The Hall–Kier alpha value is -2.09. The number of alkyl halides is 3. The van der Waals surface area contributed by atoms with E-state index in [4.69, 9.17) is 0 Å². The lowest BCUT2D eigenvalue weighted by Gasteiger charge is -2.35. The maximum absolute atomic E-state index is 13.2. The molecular formula is C17H22F3N3O2. The van der Waals surface area contributed by atoms with Crippen molar-refractivity contribution < 1.29 is 22.8 Å². The Bertz CT molecular complexity index is 632. The summed E-state index contributed by atoms with van der Waals surface area (Å²) in [6.07, 6.45) is -4.54. The maximum atomic E-state index is 13.2. The first-order valence-corrected chi connectivity index (χ1v) is 8.14. The average molecular weight is 357 g/mol. The molecule has 1 aromatic rings. The average Bonchev–Trinajstić information content (AvgIpc) is 2.49. The molecule has 1 aliphatic heterocycles. The van der Waals surface area contributed by atoms with E-state index in [-0.39, 0.29) is 36.4 Å². The third-order valence-electron chi connectivity index (χ3n) is 3.97. The van der Waals surface area contributed by atoms with Gasteiger partial charge < -0.3 is 10.6 Å². The molecule has 2 rings (SSSR count). The van der Waals surface area contributed by atoms with Crippen LogP contribution in [-0.2, 0) is 22.3 Å². The number of halogens is 3. The Morgan fingerprint density at radius 1 is 1.36 bits per heavy atom. The third kappa shape index (κ3) is 5.19. The number of nitrogens with zero attached hydrogens (tertiary/aromatic N) is 1. The second kappa shape index (κ2) is 7.86. The summed E-state index contributed by atoms with van der Waals surface area (Å²) in [5.74, 6) is -0.638. The molecule has 1 saturated heterocycles. The Morgan fingerprint density at radius 2 is 2.04 bits per heavy atom. The van der Waals surface area contributed by atoms with Crippen molar-refractivity contribution in [2.75, 3.05) is 13.1 Å². The van der Waals surface area contributed by atoms with Crippen molar-refractivity contribution in [1.82, 2.24) is 15.5 Å². The number of piperazine rings is 1. The predicted molar refractivity (Wildman–Crippen MR) is 86.5 cm³/mol. The molecule has 5 nitrogen and oxygen atoms in total. The van der Waals surface area contributed by atoms with Crippen molar-refractivity contribution in [3.63, 3.8) is 0 Å². The second-order valence-electron chi connectivity index (χ2n) is 6.36. The Kier molecular flexibility index (Phi) is 6.05. The zero-order valence-corrected chi connectivity index (χ0v) is 14.2. The van der Waals surface area contributed by atoms with E-state index in [0.29, 0.717) is 13.1 Å². The van der Waals surface area contributed by atoms with Gasteiger partial charge in [0, 0.05) is 25.7 Å². The van der Waals surface area contributed by atoms with E-state index < -0.39 is 17.8 Å². The number of nitrogens with one attached hydrogen (secondary N) is 2. The highest BCUT2D eigenvalue weighted by Crippen LogP contribution is 2.32. The van der Waals surface area contributed by atoms with Crippen LogP contribution < -0.4 is 10.6 Å². The summed E-state index contributed by atoms with van der Waals surface area (Å²) in [6.45, 7) is 4.29. The monoisotopic (exact) mass is 357 g/mol. The first-order chi connectivity index (χ1) is 11.7. The molecule has 2 N–H and O–H groups in total. The van der Waals surface area contributed by atoms with Gasteiger partial charge in [-0.2, -0.15) is 13.2 Å². The number of hydrogen-bond donors (Lipinski definition) is 2. The fourth-order valence-electron chi connectivity index (χ4n) is 2.88. The normalized spacial score (nSPS) is 19.0. The van der Waals surface area contributed by atoms with Gasteiger partial charge in [0.15, 0.2) is 0 Å². The minimum atomic E-state index is -4.46. The van der Waals surface area contributed by atoms with Crippen LogP contribution in [0.15, 0.2) is 24.3 Å². The molecule has 1 heterocycles. The zero-order chi connectivity index (χ0) is 18.6. The van der Waals surface area contributed by atoms with Crippen LogP contribution in [0.5, 0.6) is 0 Å². The van der Waals surface area contributed by atoms with Crippen LogP contribution in [0.4, 0.5) is 13.2 Å². The second-order valence-corrected chi connectivity index (χ2v) is 6.36. The van der Waals surface area contributed by atoms with Gasteiger partial charge in [0.2, 0.25) is 11.8 Å². The quantitative estimate of drug-likeness (QED) is 0.846. The van der Waals surface area contributed by atoms with Crippen LogP contribution in [0.3, 0.4) is 0 Å². The van der Waals surface area contributed by atoms with E-state index in [1.807, 2.05) is 0 Å². The lowest BCUT2D eigenvalue weighted by molar-refractivity contribution is -0.139. The van der Waals surface area contributed by atoms with E-state index in [0.717, 1.165) is 6.07 Å². The molecule has 1 aliphatic rings. The van der Waals surface area contributed by atoms with E-state index in [9.17, 15) is 22.8 Å². The topological polar surface area (TPSA) is 61.4 Å². The minimum absolute atomic E-state index is 0.0390. The van der Waals surface area contributed by atoms with Crippen molar-refractivity contribution in [3.8, 4) is 0 Å². The van der Waals surface area contributed by atoms with Crippen molar-refractivity contribution in [1.29, 1.82) is 0 Å². The van der Waals surface area contributed by atoms with Gasteiger partial charge in [0.05, 0.1) is 18.0 Å². The fourth-order valence-corrected chi connectivity index (χ4v) is 2.88. The summed E-state index contributed by atoms with van der Waals surface area (Å²) >= 11 is 0.